The number of carbonyl (C=O) groups is 1. The molecule has 1 saturated carbocycles. The van der Waals surface area contributed by atoms with E-state index in [4.69, 9.17) is 20.2 Å². The number of benzene rings is 1. The second-order valence-corrected chi connectivity index (χ2v) is 21.0. The van der Waals surface area contributed by atoms with Crippen LogP contribution in [0, 0.1) is 29.1 Å². The van der Waals surface area contributed by atoms with Gasteiger partial charge < -0.3 is 51.6 Å². The summed E-state index contributed by atoms with van der Waals surface area (Å²) in [6.45, 7) is 4.73. The van der Waals surface area contributed by atoms with Crippen molar-refractivity contribution in [2.45, 2.75) is 170 Å². The van der Waals surface area contributed by atoms with Crippen molar-refractivity contribution in [2.75, 3.05) is 25.4 Å². The summed E-state index contributed by atoms with van der Waals surface area (Å²) < 4.78 is 12.9. The van der Waals surface area contributed by atoms with E-state index in [0.29, 0.717) is 48.2 Å². The average Bonchev–Trinajstić information content (AvgIpc) is 3.20. The number of ether oxygens (including phenoxy) is 2. The number of piperidine rings is 2. The van der Waals surface area contributed by atoms with Crippen molar-refractivity contribution < 1.29 is 34.7 Å². The van der Waals surface area contributed by atoms with Gasteiger partial charge in [-0.2, -0.15) is 0 Å². The van der Waals surface area contributed by atoms with Crippen LogP contribution in [0.25, 0.3) is 0 Å². The maximum atomic E-state index is 12.8. The van der Waals surface area contributed by atoms with E-state index in [1.807, 2.05) is 27.7 Å². The van der Waals surface area contributed by atoms with Gasteiger partial charge in [-0.05, 0) is 101 Å². The fraction of sp³-hybridized carbons (Fsp3) is 0.773. The van der Waals surface area contributed by atoms with E-state index < -0.39 is 29.7 Å². The number of carbonyl (C=O) groups excluding carboxylic acids is 1. The Morgan fingerprint density at radius 2 is 1.95 bits per heavy atom. The molecule has 10 atom stereocenters. The summed E-state index contributed by atoms with van der Waals surface area (Å²) in [7, 11) is 3.93. The van der Waals surface area contributed by atoms with Gasteiger partial charge in [-0.25, -0.2) is 0 Å². The third-order valence-corrected chi connectivity index (χ3v) is 17.3. The van der Waals surface area contributed by atoms with Crippen LogP contribution in [-0.4, -0.2) is 105 Å². The monoisotopic (exact) mass is 841 g/mol. The van der Waals surface area contributed by atoms with Crippen LogP contribution in [0.1, 0.15) is 121 Å². The van der Waals surface area contributed by atoms with Crippen LogP contribution in [0.3, 0.4) is 0 Å². The van der Waals surface area contributed by atoms with Crippen molar-refractivity contribution >= 4 is 33.5 Å². The molecule has 2 spiro atoms. The van der Waals surface area contributed by atoms with Crippen molar-refractivity contribution in [1.82, 2.24) is 16.0 Å². The number of aliphatic hydroxyl groups is 3. The molecule has 0 radical (unpaired) electrons. The number of esters is 1. The standard InChI is InChI=1S/C44H67N5O7S2/c1-28(51)42-16-10-30-7-6-15-44(40-9-8-35(24-46-40)58-57-27-43(13-4-3-5-14-43)49-41(45)47-26-42)23-34(12-18-48-44)56-39-21-31(32(25-50)20-37(39)54)19-36(30)38(55-29(2)52)22-33(53)11-17-42/h20-21,28,30,33-36,38,40,46,48,50-51,53-54H,3-9,11-15,17-19,22-27H2,1-2H3,(H3,45,47,49). The lowest BCUT2D eigenvalue weighted by molar-refractivity contribution is -0.152. The minimum absolute atomic E-state index is 0.0161. The Kier molecular flexibility index (Phi) is 14.4. The summed E-state index contributed by atoms with van der Waals surface area (Å²) in [6, 6.07) is 3.65. The molecule has 10 unspecified atom stereocenters. The molecule has 3 fully saturated rings. The summed E-state index contributed by atoms with van der Waals surface area (Å²) in [5, 5.41) is 57.4. The second kappa shape index (κ2) is 19.1. The fourth-order valence-electron chi connectivity index (χ4n) is 10.8. The Bertz CT molecular complexity index is 1670. The summed E-state index contributed by atoms with van der Waals surface area (Å²) in [5.41, 5.74) is 6.68. The van der Waals surface area contributed by atoms with E-state index in [0.717, 1.165) is 88.6 Å². The summed E-state index contributed by atoms with van der Waals surface area (Å²) in [5.74, 6) is 7.79. The Morgan fingerprint density at radius 1 is 1.12 bits per heavy atom. The highest BCUT2D eigenvalue weighted by Crippen LogP contribution is 2.44. The lowest BCUT2D eigenvalue weighted by atomic mass is 9.71. The smallest absolute Gasteiger partial charge is 0.302 e. The number of aromatic hydroxyl groups is 1. The Morgan fingerprint density at radius 3 is 2.69 bits per heavy atom. The van der Waals surface area contributed by atoms with Crippen LogP contribution in [0.15, 0.2) is 17.1 Å². The van der Waals surface area contributed by atoms with Crippen LogP contribution in [0.2, 0.25) is 0 Å². The quantitative estimate of drug-likeness (QED) is 0.119. The Hall–Kier alpha value is -2.38. The molecular formula is C44H67N5O7S2. The molecule has 58 heavy (non-hydrogen) atoms. The molecule has 5 heterocycles. The van der Waals surface area contributed by atoms with E-state index in [2.05, 4.69) is 27.8 Å². The molecule has 0 aromatic heterocycles. The predicted octanol–water partition coefficient (Wildman–Crippen LogP) is 4.68. The van der Waals surface area contributed by atoms with E-state index in [1.165, 1.54) is 13.3 Å². The number of phenolic OH excluding ortho intramolecular Hbond substituents is 1. The number of rotatable bonds is 3. The fourth-order valence-corrected chi connectivity index (χ4v) is 14.0. The lowest BCUT2D eigenvalue weighted by Gasteiger charge is -2.49. The number of nitrogens with one attached hydrogen (secondary N) is 3. The number of aliphatic hydroxyl groups excluding tert-OH is 3. The number of fused-ring (bicyclic) bond motifs is 9. The molecule has 5 aliphatic heterocycles. The average molecular weight is 842 g/mol. The van der Waals surface area contributed by atoms with Crippen molar-refractivity contribution in [3.63, 3.8) is 0 Å². The minimum Gasteiger partial charge on any atom is -0.504 e. The molecule has 1 aromatic carbocycles. The van der Waals surface area contributed by atoms with Gasteiger partial charge in [-0.15, -0.1) is 0 Å². The highest BCUT2D eigenvalue weighted by atomic mass is 33.1. The van der Waals surface area contributed by atoms with Crippen molar-refractivity contribution in [1.29, 1.82) is 0 Å². The first-order chi connectivity index (χ1) is 27.9. The van der Waals surface area contributed by atoms with Crippen LogP contribution >= 0.6 is 21.6 Å². The predicted molar refractivity (Wildman–Crippen MR) is 231 cm³/mol. The van der Waals surface area contributed by atoms with Gasteiger partial charge in [0.2, 0.25) is 0 Å². The largest absolute Gasteiger partial charge is 0.504 e. The molecule has 12 nitrogen and oxygen atoms in total. The molecule has 14 heteroatoms. The number of nitrogens with two attached hydrogens (primary N) is 1. The zero-order chi connectivity index (χ0) is 40.9. The third-order valence-electron chi connectivity index (χ3n) is 14.2. The first kappa shape index (κ1) is 43.7. The Labute approximate surface area is 352 Å². The van der Waals surface area contributed by atoms with Gasteiger partial charge >= 0.3 is 5.97 Å². The van der Waals surface area contributed by atoms with Gasteiger partial charge in [-0.3, -0.25) is 9.79 Å². The minimum atomic E-state index is -0.989. The van der Waals surface area contributed by atoms with Gasteiger partial charge in [0.1, 0.15) is 12.2 Å². The van der Waals surface area contributed by atoms with Crippen LogP contribution in [0.4, 0.5) is 0 Å². The van der Waals surface area contributed by atoms with Crippen molar-refractivity contribution in [3.8, 4) is 23.3 Å². The number of guanidine groups is 1. The second-order valence-electron chi connectivity index (χ2n) is 18.3. The molecular weight excluding hydrogens is 775 g/mol. The van der Waals surface area contributed by atoms with Crippen LogP contribution in [0.5, 0.6) is 11.5 Å². The molecule has 9 N–H and O–H groups in total. The van der Waals surface area contributed by atoms with E-state index in [1.54, 1.807) is 13.0 Å². The molecule has 2 aliphatic carbocycles. The van der Waals surface area contributed by atoms with Gasteiger partial charge in [0.25, 0.3) is 0 Å². The van der Waals surface area contributed by atoms with Gasteiger partial charge in [0.05, 0.1) is 30.8 Å². The number of aliphatic imine (C=N–C) groups is 1. The molecule has 1 aromatic rings. The topological polar surface area (TPSA) is 191 Å². The van der Waals surface area contributed by atoms with Gasteiger partial charge in [0.15, 0.2) is 17.5 Å². The zero-order valence-electron chi connectivity index (χ0n) is 34.5. The zero-order valence-corrected chi connectivity index (χ0v) is 36.1. The number of hydrogen-bond acceptors (Lipinski definition) is 14. The highest BCUT2D eigenvalue weighted by Gasteiger charge is 2.46. The van der Waals surface area contributed by atoms with E-state index in [9.17, 15) is 25.2 Å². The normalized spacial score (nSPS) is 36.4. The molecule has 8 bridgehead atoms. The number of phenols is 1. The molecule has 0 amide bonds. The molecule has 8 rings (SSSR count). The summed E-state index contributed by atoms with van der Waals surface area (Å²) in [4.78, 5) is 17.7. The van der Waals surface area contributed by atoms with E-state index >= 15 is 0 Å². The van der Waals surface area contributed by atoms with E-state index in [-0.39, 0.29) is 60.4 Å². The third kappa shape index (κ3) is 10.2. The van der Waals surface area contributed by atoms with Crippen LogP contribution in [-0.2, 0) is 22.6 Å². The lowest BCUT2D eigenvalue weighted by Crippen LogP contribution is -2.66. The van der Waals surface area contributed by atoms with Gasteiger partial charge in [0, 0.05) is 66.3 Å². The summed E-state index contributed by atoms with van der Waals surface area (Å²) >= 11 is 0. The number of hydrogen-bond donors (Lipinski definition) is 8. The molecule has 2 saturated heterocycles. The first-order valence-electron chi connectivity index (χ1n) is 21.9. The SMILES string of the molecule is CC(=O)OC1CC(O)CCC2(C(C)O)C#CC3CCCC4(CC(CCN4)Oc4cc(c(CO)cc4O)CC31)C1CCC(CN1)SSCC1(CCCCC1)NC(N)=NC2. The highest BCUT2D eigenvalue weighted by molar-refractivity contribution is 8.77. The number of nitrogens with zero attached hydrogens (tertiary/aromatic N) is 1. The molecule has 7 aliphatic rings. The van der Waals surface area contributed by atoms with Gasteiger partial charge in [-0.1, -0.05) is 59.1 Å². The first-order valence-corrected chi connectivity index (χ1v) is 24.3. The van der Waals surface area contributed by atoms with Crippen LogP contribution < -0.4 is 26.4 Å². The maximum Gasteiger partial charge on any atom is 0.302 e. The maximum absolute atomic E-state index is 12.8. The molecule has 322 valence electrons. The summed E-state index contributed by atoms with van der Waals surface area (Å²) in [6.07, 6.45) is 10.4. The van der Waals surface area contributed by atoms with Crippen molar-refractivity contribution in [3.05, 3.63) is 23.3 Å². The Balaban J connectivity index is 1.37. The van der Waals surface area contributed by atoms with Crippen molar-refractivity contribution in [2.24, 2.45) is 28.0 Å².